The molecule has 3 aromatic carbocycles. The molecule has 0 heterocycles. The first-order valence-electron chi connectivity index (χ1n) is 9.08. The van der Waals surface area contributed by atoms with Gasteiger partial charge in [0.2, 0.25) is 0 Å². The van der Waals surface area contributed by atoms with Crippen LogP contribution in [-0.2, 0) is 0 Å². The zero-order chi connectivity index (χ0) is 19.7. The monoisotopic (exact) mass is 389 g/mol. The summed E-state index contributed by atoms with van der Waals surface area (Å²) in [4.78, 5) is 15.3. The first-order valence-corrected chi connectivity index (χ1v) is 9.46. The van der Waals surface area contributed by atoms with Crippen LogP contribution in [0.5, 0.6) is 11.5 Å². The molecule has 0 aromatic heterocycles. The average Bonchev–Trinajstić information content (AvgIpc) is 2.96. The topological polar surface area (TPSA) is 29.5 Å². The minimum Gasteiger partial charge on any atom is -0.457 e. The second kappa shape index (κ2) is 7.53. The summed E-state index contributed by atoms with van der Waals surface area (Å²) in [5.41, 5.74) is 3.43. The SMILES string of the molecule is CN(C)C=C1C(=O)c2c(Oc3ccc(Cl)cc3)cccc2[C@H]1c1ccccc1. The molecule has 1 aliphatic carbocycles. The molecular formula is C24H20ClNO2. The van der Waals surface area contributed by atoms with Gasteiger partial charge < -0.3 is 9.64 Å². The van der Waals surface area contributed by atoms with Crippen molar-refractivity contribution in [3.05, 3.63) is 106 Å². The van der Waals surface area contributed by atoms with Crippen LogP contribution in [0.1, 0.15) is 27.4 Å². The number of nitrogens with zero attached hydrogens (tertiary/aromatic N) is 1. The number of carbonyl (C=O) groups is 1. The Kier molecular flexibility index (Phi) is 4.93. The van der Waals surface area contributed by atoms with E-state index in [1.165, 1.54) is 0 Å². The maximum Gasteiger partial charge on any atom is 0.195 e. The summed E-state index contributed by atoms with van der Waals surface area (Å²) in [5.74, 6) is 1.10. The van der Waals surface area contributed by atoms with E-state index >= 15 is 0 Å². The van der Waals surface area contributed by atoms with Crippen molar-refractivity contribution < 1.29 is 9.53 Å². The molecule has 3 nitrogen and oxygen atoms in total. The number of carbonyl (C=O) groups excluding carboxylic acids is 1. The highest BCUT2D eigenvalue weighted by Gasteiger charge is 2.38. The van der Waals surface area contributed by atoms with Gasteiger partial charge in [0.15, 0.2) is 5.78 Å². The molecular weight excluding hydrogens is 370 g/mol. The van der Waals surface area contributed by atoms with Crippen LogP contribution in [0.3, 0.4) is 0 Å². The molecule has 3 aromatic rings. The molecule has 28 heavy (non-hydrogen) atoms. The number of allylic oxidation sites excluding steroid dienone is 1. The van der Waals surface area contributed by atoms with Crippen molar-refractivity contribution in [2.75, 3.05) is 14.1 Å². The average molecular weight is 390 g/mol. The van der Waals surface area contributed by atoms with Gasteiger partial charge >= 0.3 is 0 Å². The van der Waals surface area contributed by atoms with Gasteiger partial charge in [-0.1, -0.05) is 54.1 Å². The Morgan fingerprint density at radius 2 is 1.64 bits per heavy atom. The third-order valence-electron chi connectivity index (χ3n) is 4.74. The molecule has 0 aliphatic heterocycles. The predicted molar refractivity (Wildman–Crippen MR) is 112 cm³/mol. The molecule has 1 aliphatic rings. The Morgan fingerprint density at radius 3 is 2.32 bits per heavy atom. The number of rotatable bonds is 4. The molecule has 140 valence electrons. The number of benzene rings is 3. The summed E-state index contributed by atoms with van der Waals surface area (Å²) >= 11 is 5.96. The van der Waals surface area contributed by atoms with Gasteiger partial charge in [-0.3, -0.25) is 4.79 Å². The number of ketones is 1. The van der Waals surface area contributed by atoms with Gasteiger partial charge in [-0.15, -0.1) is 0 Å². The van der Waals surface area contributed by atoms with Gasteiger partial charge in [0, 0.05) is 36.8 Å². The van der Waals surface area contributed by atoms with Crippen LogP contribution in [-0.4, -0.2) is 24.8 Å². The minimum atomic E-state index is -0.111. The first kappa shape index (κ1) is 18.3. The minimum absolute atomic E-state index is 0.00196. The lowest BCUT2D eigenvalue weighted by Crippen LogP contribution is -2.09. The number of ether oxygens (including phenoxy) is 1. The van der Waals surface area contributed by atoms with Crippen molar-refractivity contribution >= 4 is 17.4 Å². The Labute approximate surface area is 169 Å². The van der Waals surface area contributed by atoms with Crippen molar-refractivity contribution in [2.45, 2.75) is 5.92 Å². The molecule has 0 saturated heterocycles. The van der Waals surface area contributed by atoms with Crippen LogP contribution in [0.2, 0.25) is 5.02 Å². The highest BCUT2D eigenvalue weighted by atomic mass is 35.5. The van der Waals surface area contributed by atoms with E-state index in [9.17, 15) is 4.79 Å². The van der Waals surface area contributed by atoms with E-state index in [1.807, 2.05) is 61.6 Å². The van der Waals surface area contributed by atoms with Crippen LogP contribution in [0.4, 0.5) is 0 Å². The Hall–Kier alpha value is -3.04. The van der Waals surface area contributed by atoms with Crippen molar-refractivity contribution in [3.63, 3.8) is 0 Å². The fourth-order valence-corrected chi connectivity index (χ4v) is 3.73. The molecule has 0 spiro atoms. The van der Waals surface area contributed by atoms with Crippen LogP contribution < -0.4 is 4.74 Å². The number of Topliss-reactive ketones (excluding diaryl/α,β-unsaturated/α-hetero) is 1. The largest absolute Gasteiger partial charge is 0.457 e. The fraction of sp³-hybridized carbons (Fsp3) is 0.125. The van der Waals surface area contributed by atoms with Gasteiger partial charge in [0.25, 0.3) is 0 Å². The first-order chi connectivity index (χ1) is 13.5. The van der Waals surface area contributed by atoms with E-state index in [-0.39, 0.29) is 11.7 Å². The Balaban J connectivity index is 1.83. The third-order valence-corrected chi connectivity index (χ3v) is 4.99. The molecule has 0 bridgehead atoms. The predicted octanol–water partition coefficient (Wildman–Crippen LogP) is 5.91. The smallest absolute Gasteiger partial charge is 0.195 e. The lowest BCUT2D eigenvalue weighted by Gasteiger charge is -2.16. The summed E-state index contributed by atoms with van der Waals surface area (Å²) in [5, 5.41) is 0.641. The quantitative estimate of drug-likeness (QED) is 0.520. The molecule has 0 radical (unpaired) electrons. The number of halogens is 1. The molecule has 1 atom stereocenters. The van der Waals surface area contributed by atoms with E-state index in [4.69, 9.17) is 16.3 Å². The fourth-order valence-electron chi connectivity index (χ4n) is 3.61. The third kappa shape index (κ3) is 3.41. The van der Waals surface area contributed by atoms with Gasteiger partial charge in [-0.05, 0) is 41.5 Å². The molecule has 4 heteroatoms. The van der Waals surface area contributed by atoms with E-state index in [1.54, 1.807) is 24.3 Å². The van der Waals surface area contributed by atoms with Crippen LogP contribution in [0.15, 0.2) is 84.6 Å². The Morgan fingerprint density at radius 1 is 0.929 bits per heavy atom. The second-order valence-corrected chi connectivity index (χ2v) is 7.43. The van der Waals surface area contributed by atoms with Crippen LogP contribution in [0, 0.1) is 0 Å². The summed E-state index contributed by atoms with van der Waals surface area (Å²) in [6, 6.07) is 23.0. The molecule has 0 fully saturated rings. The molecule has 4 rings (SSSR count). The van der Waals surface area contributed by atoms with Gasteiger partial charge in [0.05, 0.1) is 5.56 Å². The molecule has 0 amide bonds. The zero-order valence-electron chi connectivity index (χ0n) is 15.7. The normalized spacial score (nSPS) is 16.9. The Bertz CT molecular complexity index is 1040. The van der Waals surface area contributed by atoms with Crippen molar-refractivity contribution in [2.24, 2.45) is 0 Å². The summed E-state index contributed by atoms with van der Waals surface area (Å²) in [6.45, 7) is 0. The van der Waals surface area contributed by atoms with Gasteiger partial charge in [-0.2, -0.15) is 0 Å². The summed E-state index contributed by atoms with van der Waals surface area (Å²) in [7, 11) is 3.85. The highest BCUT2D eigenvalue weighted by molar-refractivity contribution is 6.30. The molecule has 0 saturated carbocycles. The summed E-state index contributed by atoms with van der Waals surface area (Å²) < 4.78 is 6.06. The summed E-state index contributed by atoms with van der Waals surface area (Å²) in [6.07, 6.45) is 1.91. The lowest BCUT2D eigenvalue weighted by molar-refractivity contribution is 0.103. The van der Waals surface area contributed by atoms with Crippen LogP contribution >= 0.6 is 11.6 Å². The number of hydrogen-bond donors (Lipinski definition) is 0. The van der Waals surface area contributed by atoms with E-state index < -0.39 is 0 Å². The van der Waals surface area contributed by atoms with Crippen molar-refractivity contribution in [1.82, 2.24) is 4.90 Å². The van der Waals surface area contributed by atoms with Crippen molar-refractivity contribution in [1.29, 1.82) is 0 Å². The van der Waals surface area contributed by atoms with Gasteiger partial charge in [0.1, 0.15) is 11.5 Å². The van der Waals surface area contributed by atoms with Gasteiger partial charge in [-0.25, -0.2) is 0 Å². The second-order valence-electron chi connectivity index (χ2n) is 7.00. The lowest BCUT2D eigenvalue weighted by atomic mass is 9.90. The van der Waals surface area contributed by atoms with Crippen molar-refractivity contribution in [3.8, 4) is 11.5 Å². The van der Waals surface area contributed by atoms with Crippen LogP contribution in [0.25, 0.3) is 0 Å². The zero-order valence-corrected chi connectivity index (χ0v) is 16.5. The molecule has 0 N–H and O–H groups in total. The molecule has 0 unspecified atom stereocenters. The van der Waals surface area contributed by atoms with E-state index in [2.05, 4.69) is 12.1 Å². The maximum absolute atomic E-state index is 13.4. The van der Waals surface area contributed by atoms with E-state index in [0.29, 0.717) is 22.1 Å². The number of fused-ring (bicyclic) bond motifs is 1. The maximum atomic E-state index is 13.4. The standard InChI is InChI=1S/C24H20ClNO2/c1-26(2)15-20-22(16-7-4-3-5-8-16)19-9-6-10-21(23(19)24(20)27)28-18-13-11-17(25)12-14-18/h3-15,22H,1-2H3/t22-/m1/s1. The highest BCUT2D eigenvalue weighted by Crippen LogP contribution is 2.46. The van der Waals surface area contributed by atoms with E-state index in [0.717, 1.165) is 16.7 Å². The number of hydrogen-bond acceptors (Lipinski definition) is 3.